The number of aromatic nitrogens is 2. The highest BCUT2D eigenvalue weighted by Crippen LogP contribution is 2.04. The van der Waals surface area contributed by atoms with Crippen LogP contribution < -0.4 is 22.3 Å². The normalized spacial score (nSPS) is 9.79. The summed E-state index contributed by atoms with van der Waals surface area (Å²) in [6.07, 6.45) is 0.587. The number of carbonyl (C=O) groups excluding carboxylic acids is 1. The lowest BCUT2D eigenvalue weighted by molar-refractivity contribution is -0.106. The second-order valence-electron chi connectivity index (χ2n) is 2.63. The lowest BCUT2D eigenvalue weighted by Crippen LogP contribution is -2.35. The van der Waals surface area contributed by atoms with Gasteiger partial charge in [0.15, 0.2) is 0 Å². The summed E-state index contributed by atoms with van der Waals surface area (Å²) in [5, 5.41) is 2.50. The summed E-state index contributed by atoms with van der Waals surface area (Å²) in [5.41, 5.74) is 4.26. The standard InChI is InChI=1S/C7H10N4O3/c1-11-6(13)4(9-2-3-12)5(8)10-7(11)14/h3,9H,2,8H2,1H3,(H,10,14). The van der Waals surface area contributed by atoms with Crippen LogP contribution in [0.3, 0.4) is 0 Å². The van der Waals surface area contributed by atoms with E-state index in [0.717, 1.165) is 4.57 Å². The highest BCUT2D eigenvalue weighted by atomic mass is 16.2. The molecule has 0 saturated heterocycles. The van der Waals surface area contributed by atoms with E-state index in [4.69, 9.17) is 5.73 Å². The van der Waals surface area contributed by atoms with Crippen LogP contribution >= 0.6 is 0 Å². The van der Waals surface area contributed by atoms with Crippen molar-refractivity contribution in [2.45, 2.75) is 0 Å². The van der Waals surface area contributed by atoms with E-state index in [1.54, 1.807) is 0 Å². The van der Waals surface area contributed by atoms with Crippen molar-refractivity contribution in [1.29, 1.82) is 0 Å². The van der Waals surface area contributed by atoms with E-state index < -0.39 is 11.2 Å². The summed E-state index contributed by atoms with van der Waals surface area (Å²) in [4.78, 5) is 34.7. The predicted molar refractivity (Wildman–Crippen MR) is 51.3 cm³/mol. The van der Waals surface area contributed by atoms with Crippen molar-refractivity contribution in [3.05, 3.63) is 20.8 Å². The number of nitrogen functional groups attached to an aromatic ring is 1. The maximum atomic E-state index is 11.4. The topological polar surface area (TPSA) is 110 Å². The molecule has 0 bridgehead atoms. The average Bonchev–Trinajstić information content (AvgIpc) is 2.14. The molecule has 1 heterocycles. The molecule has 1 aromatic rings. The number of H-pyrrole nitrogens is 1. The quantitative estimate of drug-likeness (QED) is 0.500. The molecule has 0 unspecified atom stereocenters. The van der Waals surface area contributed by atoms with Crippen molar-refractivity contribution < 1.29 is 4.79 Å². The molecule has 14 heavy (non-hydrogen) atoms. The number of anilines is 2. The van der Waals surface area contributed by atoms with Crippen molar-refractivity contribution >= 4 is 17.8 Å². The lowest BCUT2D eigenvalue weighted by Gasteiger charge is -2.06. The zero-order valence-corrected chi connectivity index (χ0v) is 7.53. The molecular weight excluding hydrogens is 188 g/mol. The number of rotatable bonds is 3. The molecule has 0 fully saturated rings. The largest absolute Gasteiger partial charge is 0.383 e. The van der Waals surface area contributed by atoms with Gasteiger partial charge in [-0.15, -0.1) is 0 Å². The molecule has 1 rings (SSSR count). The Balaban J connectivity index is 3.29. The molecule has 76 valence electrons. The summed E-state index contributed by atoms with van der Waals surface area (Å²) in [7, 11) is 1.31. The molecule has 0 aliphatic carbocycles. The van der Waals surface area contributed by atoms with Gasteiger partial charge in [0.25, 0.3) is 5.56 Å². The number of hydrogen-bond donors (Lipinski definition) is 3. The highest BCUT2D eigenvalue weighted by Gasteiger charge is 2.08. The van der Waals surface area contributed by atoms with Crippen molar-refractivity contribution in [3.63, 3.8) is 0 Å². The summed E-state index contributed by atoms with van der Waals surface area (Å²) in [5.74, 6) is -0.0695. The Hall–Kier alpha value is -2.05. The summed E-state index contributed by atoms with van der Waals surface area (Å²) in [6.45, 7) is -0.0362. The SMILES string of the molecule is Cn1c(=O)[nH]c(N)c(NCC=O)c1=O. The van der Waals surface area contributed by atoms with Crippen molar-refractivity contribution in [3.8, 4) is 0 Å². The predicted octanol–water partition coefficient (Wildman–Crippen LogP) is -1.73. The third-order valence-corrected chi connectivity index (χ3v) is 1.70. The lowest BCUT2D eigenvalue weighted by atomic mass is 10.4. The van der Waals surface area contributed by atoms with Crippen LogP contribution in [0.1, 0.15) is 0 Å². The first-order valence-corrected chi connectivity index (χ1v) is 3.84. The Bertz CT molecular complexity index is 459. The minimum atomic E-state index is -0.593. The Morgan fingerprint density at radius 2 is 2.21 bits per heavy atom. The van der Waals surface area contributed by atoms with Crippen LogP contribution in [0.25, 0.3) is 0 Å². The monoisotopic (exact) mass is 198 g/mol. The molecule has 0 spiro atoms. The van der Waals surface area contributed by atoms with Crippen LogP contribution in [0.5, 0.6) is 0 Å². The van der Waals surface area contributed by atoms with Gasteiger partial charge in [0.05, 0.1) is 6.54 Å². The van der Waals surface area contributed by atoms with Gasteiger partial charge in [0.1, 0.15) is 17.8 Å². The van der Waals surface area contributed by atoms with Gasteiger partial charge in [0, 0.05) is 7.05 Å². The second kappa shape index (κ2) is 3.77. The minimum Gasteiger partial charge on any atom is -0.383 e. The van der Waals surface area contributed by atoms with Crippen LogP contribution in [0.2, 0.25) is 0 Å². The number of hydrogen-bond acceptors (Lipinski definition) is 5. The van der Waals surface area contributed by atoms with Crippen LogP contribution in [-0.4, -0.2) is 22.4 Å². The Kier molecular flexibility index (Phi) is 2.70. The Morgan fingerprint density at radius 3 is 2.79 bits per heavy atom. The van der Waals surface area contributed by atoms with E-state index in [-0.39, 0.29) is 18.1 Å². The van der Waals surface area contributed by atoms with E-state index in [1.165, 1.54) is 7.05 Å². The molecule has 0 aromatic carbocycles. The first-order chi connectivity index (χ1) is 6.57. The van der Waals surface area contributed by atoms with Crippen molar-refractivity contribution in [2.75, 3.05) is 17.6 Å². The molecule has 1 aromatic heterocycles. The van der Waals surface area contributed by atoms with E-state index in [1.807, 2.05) is 0 Å². The molecule has 4 N–H and O–H groups in total. The smallest absolute Gasteiger partial charge is 0.329 e. The Labute approximate surface area is 78.5 Å². The molecular formula is C7H10N4O3. The van der Waals surface area contributed by atoms with Crippen LogP contribution in [0, 0.1) is 0 Å². The van der Waals surface area contributed by atoms with Crippen LogP contribution in [-0.2, 0) is 11.8 Å². The van der Waals surface area contributed by atoms with Gasteiger partial charge >= 0.3 is 5.69 Å². The number of nitrogens with two attached hydrogens (primary N) is 1. The second-order valence-corrected chi connectivity index (χ2v) is 2.63. The third-order valence-electron chi connectivity index (χ3n) is 1.70. The number of aldehydes is 1. The van der Waals surface area contributed by atoms with E-state index in [2.05, 4.69) is 10.3 Å². The van der Waals surface area contributed by atoms with Gasteiger partial charge in [-0.3, -0.25) is 14.3 Å². The fourth-order valence-corrected chi connectivity index (χ4v) is 0.951. The minimum absolute atomic E-state index is 0.0270. The summed E-state index contributed by atoms with van der Waals surface area (Å²) in [6, 6.07) is 0. The van der Waals surface area contributed by atoms with Crippen LogP contribution in [0.15, 0.2) is 9.59 Å². The number of aromatic amines is 1. The molecule has 0 saturated carbocycles. The van der Waals surface area contributed by atoms with E-state index in [0.29, 0.717) is 6.29 Å². The number of carbonyl (C=O) groups is 1. The van der Waals surface area contributed by atoms with Gasteiger partial charge in [-0.25, -0.2) is 4.79 Å². The van der Waals surface area contributed by atoms with Gasteiger partial charge in [-0.1, -0.05) is 0 Å². The van der Waals surface area contributed by atoms with Gasteiger partial charge in [0.2, 0.25) is 0 Å². The molecule has 0 aliphatic heterocycles. The van der Waals surface area contributed by atoms with E-state index in [9.17, 15) is 14.4 Å². The first-order valence-electron chi connectivity index (χ1n) is 3.84. The molecule has 7 heteroatoms. The molecule has 7 nitrogen and oxygen atoms in total. The van der Waals surface area contributed by atoms with Crippen LogP contribution in [0.4, 0.5) is 11.5 Å². The number of nitrogens with zero attached hydrogens (tertiary/aromatic N) is 1. The summed E-state index contributed by atoms with van der Waals surface area (Å²) >= 11 is 0. The van der Waals surface area contributed by atoms with Gasteiger partial charge in [-0.2, -0.15) is 0 Å². The maximum absolute atomic E-state index is 11.4. The fraction of sp³-hybridized carbons (Fsp3) is 0.286. The molecule has 0 radical (unpaired) electrons. The fourth-order valence-electron chi connectivity index (χ4n) is 0.951. The van der Waals surface area contributed by atoms with E-state index >= 15 is 0 Å². The third kappa shape index (κ3) is 1.65. The Morgan fingerprint density at radius 1 is 1.57 bits per heavy atom. The zero-order chi connectivity index (χ0) is 10.7. The maximum Gasteiger partial charge on any atom is 0.329 e. The van der Waals surface area contributed by atoms with Crippen molar-refractivity contribution in [2.24, 2.45) is 7.05 Å². The molecule has 0 aliphatic rings. The highest BCUT2D eigenvalue weighted by molar-refractivity contribution is 5.65. The molecule has 0 atom stereocenters. The zero-order valence-electron chi connectivity index (χ0n) is 7.53. The van der Waals surface area contributed by atoms with Gasteiger partial charge < -0.3 is 15.8 Å². The first kappa shape index (κ1) is 10.0. The molecule has 0 amide bonds. The number of nitrogens with one attached hydrogen (secondary N) is 2. The van der Waals surface area contributed by atoms with Gasteiger partial charge in [-0.05, 0) is 0 Å². The summed E-state index contributed by atoms with van der Waals surface area (Å²) < 4.78 is 0.865. The average molecular weight is 198 g/mol. The van der Waals surface area contributed by atoms with Crippen molar-refractivity contribution in [1.82, 2.24) is 9.55 Å².